The van der Waals surface area contributed by atoms with Crippen molar-refractivity contribution in [3.8, 4) is 0 Å². The lowest BCUT2D eigenvalue weighted by atomic mass is 9.96. The molecule has 0 aliphatic carbocycles. The second kappa shape index (κ2) is 4.72. The summed E-state index contributed by atoms with van der Waals surface area (Å²) in [6, 6.07) is 4.05. The molecule has 98 valence electrons. The van der Waals surface area contributed by atoms with Gasteiger partial charge in [0.25, 0.3) is 0 Å². The maximum atomic E-state index is 5.59. The zero-order valence-electron chi connectivity index (χ0n) is 11.4. The van der Waals surface area contributed by atoms with Gasteiger partial charge < -0.3 is 9.73 Å². The number of rotatable bonds is 3. The van der Waals surface area contributed by atoms with Gasteiger partial charge in [-0.2, -0.15) is 4.37 Å². The Morgan fingerprint density at radius 1 is 1.33 bits per heavy atom. The molecule has 1 N–H and O–H groups in total. The Morgan fingerprint density at radius 2 is 2.06 bits per heavy atom. The van der Waals surface area contributed by atoms with E-state index in [9.17, 15) is 0 Å². The van der Waals surface area contributed by atoms with Crippen LogP contribution < -0.4 is 5.32 Å². The fraction of sp³-hybridized carbons (Fsp3) is 0.538. The molecule has 0 saturated heterocycles. The van der Waals surface area contributed by atoms with Gasteiger partial charge in [-0.3, -0.25) is 0 Å². The molecule has 0 aliphatic heterocycles. The van der Waals surface area contributed by atoms with Crippen LogP contribution >= 0.6 is 11.5 Å². The molecule has 2 aromatic heterocycles. The SMILES string of the molecule is Cc1ccc(C(C)Nc2nc(C(C)(C)C)ns2)o1. The zero-order valence-corrected chi connectivity index (χ0v) is 12.3. The van der Waals surface area contributed by atoms with Crippen molar-refractivity contribution in [2.75, 3.05) is 5.32 Å². The van der Waals surface area contributed by atoms with Crippen molar-refractivity contribution in [2.45, 2.75) is 46.1 Å². The van der Waals surface area contributed by atoms with E-state index in [4.69, 9.17) is 4.42 Å². The van der Waals surface area contributed by atoms with Gasteiger partial charge in [-0.15, -0.1) is 0 Å². The minimum Gasteiger partial charge on any atom is -0.464 e. The number of hydrogen-bond donors (Lipinski definition) is 1. The molecule has 2 heterocycles. The summed E-state index contributed by atoms with van der Waals surface area (Å²) >= 11 is 1.39. The lowest BCUT2D eigenvalue weighted by Crippen LogP contribution is -2.13. The topological polar surface area (TPSA) is 51.0 Å². The molecule has 0 fully saturated rings. The number of furan rings is 1. The molecule has 2 rings (SSSR count). The third-order valence-electron chi connectivity index (χ3n) is 2.62. The Kier molecular flexibility index (Phi) is 3.43. The summed E-state index contributed by atoms with van der Waals surface area (Å²) in [5.74, 6) is 2.71. The highest BCUT2D eigenvalue weighted by atomic mass is 32.1. The predicted octanol–water partition coefficient (Wildman–Crippen LogP) is 3.91. The van der Waals surface area contributed by atoms with Crippen LogP contribution in [-0.2, 0) is 5.41 Å². The standard InChI is InChI=1S/C13H19N3OS/c1-8-6-7-10(17-8)9(2)14-12-15-11(16-18-12)13(3,4)5/h6-7,9H,1-5H3,(H,14,15,16). The van der Waals surface area contributed by atoms with Crippen molar-refractivity contribution >= 4 is 16.7 Å². The van der Waals surface area contributed by atoms with E-state index in [1.54, 1.807) is 0 Å². The van der Waals surface area contributed by atoms with Gasteiger partial charge >= 0.3 is 0 Å². The van der Waals surface area contributed by atoms with E-state index in [1.807, 2.05) is 19.1 Å². The quantitative estimate of drug-likeness (QED) is 0.914. The normalized spacial score (nSPS) is 13.6. The molecular formula is C13H19N3OS. The van der Waals surface area contributed by atoms with Crippen molar-refractivity contribution in [1.82, 2.24) is 9.36 Å². The second-order valence-electron chi connectivity index (χ2n) is 5.49. The van der Waals surface area contributed by atoms with E-state index in [-0.39, 0.29) is 11.5 Å². The molecule has 1 atom stereocenters. The molecule has 0 aliphatic rings. The molecule has 18 heavy (non-hydrogen) atoms. The van der Waals surface area contributed by atoms with Crippen molar-refractivity contribution in [2.24, 2.45) is 0 Å². The lowest BCUT2D eigenvalue weighted by Gasteiger charge is -2.13. The highest BCUT2D eigenvalue weighted by Crippen LogP contribution is 2.26. The van der Waals surface area contributed by atoms with Crippen molar-refractivity contribution in [1.29, 1.82) is 0 Å². The van der Waals surface area contributed by atoms with Crippen LogP contribution in [0.3, 0.4) is 0 Å². The maximum Gasteiger partial charge on any atom is 0.203 e. The zero-order chi connectivity index (χ0) is 13.3. The summed E-state index contributed by atoms with van der Waals surface area (Å²) in [6.45, 7) is 10.3. The fourth-order valence-electron chi connectivity index (χ4n) is 1.53. The van der Waals surface area contributed by atoms with Gasteiger partial charge in [-0.1, -0.05) is 20.8 Å². The number of anilines is 1. The summed E-state index contributed by atoms with van der Waals surface area (Å²) in [4.78, 5) is 4.51. The van der Waals surface area contributed by atoms with Crippen LogP contribution in [0.15, 0.2) is 16.5 Å². The molecule has 0 radical (unpaired) electrons. The Balaban J connectivity index is 2.08. The smallest absolute Gasteiger partial charge is 0.203 e. The first kappa shape index (κ1) is 13.1. The van der Waals surface area contributed by atoms with Gasteiger partial charge in [0, 0.05) is 16.9 Å². The molecular weight excluding hydrogens is 246 g/mol. The number of aromatic nitrogens is 2. The van der Waals surface area contributed by atoms with Gasteiger partial charge in [0.1, 0.15) is 17.3 Å². The first-order valence-electron chi connectivity index (χ1n) is 6.03. The van der Waals surface area contributed by atoms with Crippen LogP contribution in [0.5, 0.6) is 0 Å². The summed E-state index contributed by atoms with van der Waals surface area (Å²) in [6.07, 6.45) is 0. The summed E-state index contributed by atoms with van der Waals surface area (Å²) in [7, 11) is 0. The van der Waals surface area contributed by atoms with Crippen LogP contribution in [0.25, 0.3) is 0 Å². The molecule has 0 spiro atoms. The summed E-state index contributed by atoms with van der Waals surface area (Å²) < 4.78 is 9.96. The Bertz CT molecular complexity index is 524. The highest BCUT2D eigenvalue weighted by molar-refractivity contribution is 7.09. The minimum absolute atomic E-state index is 0.0130. The van der Waals surface area contributed by atoms with E-state index in [0.29, 0.717) is 0 Å². The monoisotopic (exact) mass is 265 g/mol. The van der Waals surface area contributed by atoms with Crippen LogP contribution in [0.2, 0.25) is 0 Å². The molecule has 0 saturated carbocycles. The van der Waals surface area contributed by atoms with E-state index < -0.39 is 0 Å². The van der Waals surface area contributed by atoms with Crippen LogP contribution in [0.1, 0.15) is 51.1 Å². The van der Waals surface area contributed by atoms with Crippen LogP contribution in [0, 0.1) is 6.92 Å². The highest BCUT2D eigenvalue weighted by Gasteiger charge is 2.20. The molecule has 0 amide bonds. The van der Waals surface area contributed by atoms with E-state index in [0.717, 1.165) is 22.5 Å². The van der Waals surface area contributed by atoms with Crippen molar-refractivity contribution in [3.05, 3.63) is 29.5 Å². The van der Waals surface area contributed by atoms with Gasteiger partial charge in [-0.25, -0.2) is 4.98 Å². The molecule has 1 unspecified atom stereocenters. The minimum atomic E-state index is -0.0130. The summed E-state index contributed by atoms with van der Waals surface area (Å²) in [5.41, 5.74) is -0.0130. The third-order valence-corrected chi connectivity index (χ3v) is 3.27. The van der Waals surface area contributed by atoms with Gasteiger partial charge in [-0.05, 0) is 26.0 Å². The maximum absolute atomic E-state index is 5.59. The second-order valence-corrected chi connectivity index (χ2v) is 6.24. The van der Waals surface area contributed by atoms with E-state index in [2.05, 4.69) is 42.4 Å². The van der Waals surface area contributed by atoms with Crippen molar-refractivity contribution in [3.63, 3.8) is 0 Å². The first-order chi connectivity index (χ1) is 8.36. The average molecular weight is 265 g/mol. The lowest BCUT2D eigenvalue weighted by molar-refractivity contribution is 0.466. The first-order valence-corrected chi connectivity index (χ1v) is 6.80. The third kappa shape index (κ3) is 2.90. The fourth-order valence-corrected chi connectivity index (χ4v) is 2.37. The average Bonchev–Trinajstić information content (AvgIpc) is 2.85. The number of aryl methyl sites for hydroxylation is 1. The van der Waals surface area contributed by atoms with Crippen LogP contribution in [0.4, 0.5) is 5.13 Å². The molecule has 0 aromatic carbocycles. The van der Waals surface area contributed by atoms with Gasteiger partial charge in [0.15, 0.2) is 0 Å². The van der Waals surface area contributed by atoms with Crippen LogP contribution in [-0.4, -0.2) is 9.36 Å². The Labute approximate surface area is 112 Å². The van der Waals surface area contributed by atoms with Gasteiger partial charge in [0.2, 0.25) is 5.13 Å². The van der Waals surface area contributed by atoms with Gasteiger partial charge in [0.05, 0.1) is 6.04 Å². The molecule has 2 aromatic rings. The number of hydrogen-bond acceptors (Lipinski definition) is 5. The Morgan fingerprint density at radius 3 is 2.56 bits per heavy atom. The number of nitrogens with zero attached hydrogens (tertiary/aromatic N) is 2. The molecule has 4 nitrogen and oxygen atoms in total. The molecule has 0 bridgehead atoms. The molecule has 5 heteroatoms. The summed E-state index contributed by atoms with van der Waals surface area (Å²) in [5, 5.41) is 4.15. The largest absolute Gasteiger partial charge is 0.464 e. The number of nitrogens with one attached hydrogen (secondary N) is 1. The van der Waals surface area contributed by atoms with E-state index in [1.165, 1.54) is 11.5 Å². The van der Waals surface area contributed by atoms with E-state index >= 15 is 0 Å². The predicted molar refractivity (Wildman–Crippen MR) is 74.1 cm³/mol. The Hall–Kier alpha value is -1.36. The van der Waals surface area contributed by atoms with Crippen molar-refractivity contribution < 1.29 is 4.42 Å².